The summed E-state index contributed by atoms with van der Waals surface area (Å²) in [5, 5.41) is 19.1. The molecule has 0 radical (unpaired) electrons. The van der Waals surface area contributed by atoms with E-state index in [2.05, 4.69) is 13.2 Å². The summed E-state index contributed by atoms with van der Waals surface area (Å²) in [5.41, 5.74) is 1.01. The molecule has 0 saturated carbocycles. The highest BCUT2D eigenvalue weighted by Crippen LogP contribution is 2.24. The molecule has 1 aliphatic heterocycles. The van der Waals surface area contributed by atoms with E-state index in [1.165, 1.54) is 0 Å². The molecule has 0 bridgehead atoms. The molecular formula is C7H11NO2. The van der Waals surface area contributed by atoms with Crippen LogP contribution in [0.1, 0.15) is 12.8 Å². The molecule has 1 aliphatic rings. The van der Waals surface area contributed by atoms with Crippen LogP contribution in [-0.2, 0) is 0 Å². The van der Waals surface area contributed by atoms with Crippen molar-refractivity contribution in [3.8, 4) is 0 Å². The third-order valence-electron chi connectivity index (χ3n) is 1.54. The smallest absolute Gasteiger partial charge is 0.0650 e. The lowest BCUT2D eigenvalue weighted by Crippen LogP contribution is -2.28. The number of hydrogen-bond donors (Lipinski definition) is 2. The molecule has 0 aromatic carbocycles. The summed E-state index contributed by atoms with van der Waals surface area (Å²) in [6.07, 6.45) is 0.425. The zero-order valence-corrected chi connectivity index (χ0v) is 5.75. The summed E-state index contributed by atoms with van der Waals surface area (Å²) in [6.45, 7) is 7.10. The monoisotopic (exact) mass is 141 g/mol. The largest absolute Gasteiger partial charge is 0.392 e. The topological polar surface area (TPSA) is 43.7 Å². The summed E-state index contributed by atoms with van der Waals surface area (Å²) in [4.78, 5) is 0. The van der Waals surface area contributed by atoms with Gasteiger partial charge in [-0.25, -0.2) is 5.06 Å². The van der Waals surface area contributed by atoms with Crippen LogP contribution in [0.15, 0.2) is 24.6 Å². The Bertz CT molecular complexity index is 158. The first-order valence-corrected chi connectivity index (χ1v) is 3.14. The van der Waals surface area contributed by atoms with E-state index in [4.69, 9.17) is 10.3 Å². The first kappa shape index (κ1) is 7.31. The van der Waals surface area contributed by atoms with Crippen molar-refractivity contribution in [3.05, 3.63) is 24.6 Å². The molecule has 3 heteroatoms. The first-order chi connectivity index (χ1) is 4.61. The summed E-state index contributed by atoms with van der Waals surface area (Å²) in [6, 6.07) is 0. The number of hydrogen-bond acceptors (Lipinski definition) is 3. The zero-order valence-electron chi connectivity index (χ0n) is 5.75. The van der Waals surface area contributed by atoms with Crippen LogP contribution in [-0.4, -0.2) is 21.5 Å². The van der Waals surface area contributed by atoms with Crippen LogP contribution in [0.2, 0.25) is 0 Å². The Morgan fingerprint density at radius 3 is 2.10 bits per heavy atom. The molecule has 1 fully saturated rings. The van der Waals surface area contributed by atoms with Crippen molar-refractivity contribution in [2.75, 3.05) is 0 Å². The number of aliphatic hydroxyl groups is 1. The summed E-state index contributed by atoms with van der Waals surface area (Å²) in [7, 11) is 0. The minimum absolute atomic E-state index is 0.426. The molecule has 1 rings (SSSR count). The fourth-order valence-corrected chi connectivity index (χ4v) is 1.01. The molecule has 2 N–H and O–H groups in total. The summed E-state index contributed by atoms with van der Waals surface area (Å²) >= 11 is 0. The molecule has 0 amide bonds. The molecule has 56 valence electrons. The Balaban J connectivity index is 2.66. The Hall–Kier alpha value is -0.800. The normalized spacial score (nSPS) is 22.0. The SMILES string of the molecule is C=C1CC(O)CC(=C)N1O. The van der Waals surface area contributed by atoms with Crippen molar-refractivity contribution < 1.29 is 10.3 Å². The van der Waals surface area contributed by atoms with Gasteiger partial charge in [0.2, 0.25) is 0 Å². The van der Waals surface area contributed by atoms with Gasteiger partial charge in [0.25, 0.3) is 0 Å². The van der Waals surface area contributed by atoms with Gasteiger partial charge < -0.3 is 5.11 Å². The van der Waals surface area contributed by atoms with Gasteiger partial charge in [-0.3, -0.25) is 5.21 Å². The van der Waals surface area contributed by atoms with E-state index in [9.17, 15) is 0 Å². The maximum atomic E-state index is 9.11. The van der Waals surface area contributed by atoms with Crippen LogP contribution in [0, 0.1) is 0 Å². The maximum absolute atomic E-state index is 9.11. The van der Waals surface area contributed by atoms with E-state index in [-0.39, 0.29) is 0 Å². The Morgan fingerprint density at radius 1 is 1.30 bits per heavy atom. The number of nitrogens with zero attached hydrogens (tertiary/aromatic N) is 1. The predicted molar refractivity (Wildman–Crippen MR) is 37.1 cm³/mol. The molecule has 0 aliphatic carbocycles. The fraction of sp³-hybridized carbons (Fsp3) is 0.429. The fourth-order valence-electron chi connectivity index (χ4n) is 1.01. The van der Waals surface area contributed by atoms with Crippen LogP contribution in [0.4, 0.5) is 0 Å². The van der Waals surface area contributed by atoms with E-state index < -0.39 is 6.10 Å². The summed E-state index contributed by atoms with van der Waals surface area (Å²) < 4.78 is 0. The van der Waals surface area contributed by atoms with Crippen LogP contribution in [0.3, 0.4) is 0 Å². The summed E-state index contributed by atoms with van der Waals surface area (Å²) in [5.74, 6) is 0. The Morgan fingerprint density at radius 2 is 1.70 bits per heavy atom. The van der Waals surface area contributed by atoms with Crippen molar-refractivity contribution in [2.24, 2.45) is 0 Å². The van der Waals surface area contributed by atoms with E-state index in [0.717, 1.165) is 5.06 Å². The molecular weight excluding hydrogens is 130 g/mol. The van der Waals surface area contributed by atoms with E-state index in [1.807, 2.05) is 0 Å². The first-order valence-electron chi connectivity index (χ1n) is 3.14. The van der Waals surface area contributed by atoms with Gasteiger partial charge in [-0.2, -0.15) is 0 Å². The highest BCUT2D eigenvalue weighted by Gasteiger charge is 2.21. The van der Waals surface area contributed by atoms with Crippen LogP contribution in [0.5, 0.6) is 0 Å². The van der Waals surface area contributed by atoms with Gasteiger partial charge in [-0.05, 0) is 0 Å². The molecule has 0 aromatic heterocycles. The Kier molecular flexibility index (Phi) is 1.78. The van der Waals surface area contributed by atoms with Gasteiger partial charge in [-0.15, -0.1) is 0 Å². The highest BCUT2D eigenvalue weighted by molar-refractivity contribution is 5.10. The number of aliphatic hydroxyl groups excluding tert-OH is 1. The van der Waals surface area contributed by atoms with Crippen molar-refractivity contribution in [1.82, 2.24) is 5.06 Å². The second-order valence-electron chi connectivity index (χ2n) is 2.51. The molecule has 0 atom stereocenters. The van der Waals surface area contributed by atoms with Crippen molar-refractivity contribution in [3.63, 3.8) is 0 Å². The van der Waals surface area contributed by atoms with Crippen LogP contribution >= 0.6 is 0 Å². The lowest BCUT2D eigenvalue weighted by atomic mass is 10.0. The molecule has 1 heterocycles. The number of piperidine rings is 1. The minimum atomic E-state index is -0.427. The molecule has 1 saturated heterocycles. The average molecular weight is 141 g/mol. The lowest BCUT2D eigenvalue weighted by Gasteiger charge is -2.29. The van der Waals surface area contributed by atoms with Gasteiger partial charge in [0.1, 0.15) is 0 Å². The average Bonchev–Trinajstić information content (AvgIpc) is 1.82. The molecule has 0 unspecified atom stereocenters. The predicted octanol–water partition coefficient (Wildman–Crippen LogP) is 0.860. The van der Waals surface area contributed by atoms with Crippen molar-refractivity contribution >= 4 is 0 Å². The van der Waals surface area contributed by atoms with Crippen molar-refractivity contribution in [2.45, 2.75) is 18.9 Å². The minimum Gasteiger partial charge on any atom is -0.392 e. The van der Waals surface area contributed by atoms with Crippen molar-refractivity contribution in [1.29, 1.82) is 0 Å². The molecule has 3 nitrogen and oxygen atoms in total. The van der Waals surface area contributed by atoms with E-state index >= 15 is 0 Å². The van der Waals surface area contributed by atoms with Crippen LogP contribution in [0.25, 0.3) is 0 Å². The van der Waals surface area contributed by atoms with E-state index in [0.29, 0.717) is 24.2 Å². The van der Waals surface area contributed by atoms with E-state index in [1.54, 1.807) is 0 Å². The lowest BCUT2D eigenvalue weighted by molar-refractivity contribution is -0.0507. The molecule has 0 spiro atoms. The standard InChI is InChI=1S/C7H11NO2/c1-5-3-7(9)4-6(2)8(5)10/h7,9-10H,1-4H2. The third kappa shape index (κ3) is 1.20. The van der Waals surface area contributed by atoms with Gasteiger partial charge in [-0.1, -0.05) is 13.2 Å². The van der Waals surface area contributed by atoms with Gasteiger partial charge in [0.05, 0.1) is 6.10 Å². The second kappa shape index (κ2) is 2.44. The molecule has 10 heavy (non-hydrogen) atoms. The number of hydroxylamine groups is 2. The van der Waals surface area contributed by atoms with Gasteiger partial charge in [0, 0.05) is 24.2 Å². The quantitative estimate of drug-likeness (QED) is 0.526. The maximum Gasteiger partial charge on any atom is 0.0650 e. The number of rotatable bonds is 0. The van der Waals surface area contributed by atoms with Gasteiger partial charge >= 0.3 is 0 Å². The zero-order chi connectivity index (χ0) is 7.72. The molecule has 0 aromatic rings. The highest BCUT2D eigenvalue weighted by atomic mass is 16.5. The third-order valence-corrected chi connectivity index (χ3v) is 1.54. The van der Waals surface area contributed by atoms with Gasteiger partial charge in [0.15, 0.2) is 0 Å². The van der Waals surface area contributed by atoms with Crippen LogP contribution < -0.4 is 0 Å². The Labute approximate surface area is 59.8 Å². The second-order valence-corrected chi connectivity index (χ2v) is 2.51.